The SMILES string of the molecule is Cc1cc(Oc2nccn3nccc23)ccc1N. The smallest absolute Gasteiger partial charge is 0.245 e. The molecule has 5 heteroatoms. The van der Waals surface area contributed by atoms with Crippen LogP contribution in [0, 0.1) is 6.92 Å². The molecule has 5 nitrogen and oxygen atoms in total. The molecule has 0 amide bonds. The van der Waals surface area contributed by atoms with Gasteiger partial charge in [-0.15, -0.1) is 0 Å². The van der Waals surface area contributed by atoms with E-state index in [1.165, 1.54) is 0 Å². The molecular formula is C13H12N4O. The van der Waals surface area contributed by atoms with Crippen LogP contribution in [0.2, 0.25) is 0 Å². The maximum absolute atomic E-state index is 5.77. The van der Waals surface area contributed by atoms with E-state index in [1.54, 1.807) is 23.1 Å². The minimum Gasteiger partial charge on any atom is -0.437 e. The average Bonchev–Trinajstić information content (AvgIpc) is 2.83. The third-order valence-electron chi connectivity index (χ3n) is 2.74. The van der Waals surface area contributed by atoms with Gasteiger partial charge in [-0.3, -0.25) is 0 Å². The number of hydrogen-bond acceptors (Lipinski definition) is 4. The van der Waals surface area contributed by atoms with Crippen LogP contribution in [0.5, 0.6) is 11.6 Å². The summed E-state index contributed by atoms with van der Waals surface area (Å²) in [6.45, 7) is 1.94. The lowest BCUT2D eigenvalue weighted by Crippen LogP contribution is -1.95. The second kappa shape index (κ2) is 4.03. The Labute approximate surface area is 104 Å². The van der Waals surface area contributed by atoms with Crippen molar-refractivity contribution in [3.8, 4) is 11.6 Å². The molecule has 0 aliphatic rings. The van der Waals surface area contributed by atoms with Crippen LogP contribution in [-0.4, -0.2) is 14.6 Å². The van der Waals surface area contributed by atoms with Gasteiger partial charge in [-0.1, -0.05) is 0 Å². The molecule has 2 heterocycles. The van der Waals surface area contributed by atoms with Gasteiger partial charge in [0.1, 0.15) is 11.3 Å². The molecule has 0 saturated carbocycles. The highest BCUT2D eigenvalue weighted by atomic mass is 16.5. The van der Waals surface area contributed by atoms with Gasteiger partial charge in [-0.05, 0) is 36.8 Å². The molecule has 0 unspecified atom stereocenters. The van der Waals surface area contributed by atoms with E-state index in [2.05, 4.69) is 10.1 Å². The van der Waals surface area contributed by atoms with Crippen LogP contribution in [0.25, 0.3) is 5.52 Å². The van der Waals surface area contributed by atoms with Crippen molar-refractivity contribution in [1.82, 2.24) is 14.6 Å². The number of nitrogens with two attached hydrogens (primary N) is 1. The number of aromatic nitrogens is 3. The molecule has 0 aliphatic heterocycles. The molecule has 3 aromatic rings. The topological polar surface area (TPSA) is 65.4 Å². The van der Waals surface area contributed by atoms with E-state index in [9.17, 15) is 0 Å². The highest BCUT2D eigenvalue weighted by molar-refractivity contribution is 5.57. The Bertz CT molecular complexity index is 705. The Morgan fingerprint density at radius 3 is 2.94 bits per heavy atom. The number of hydrogen-bond donors (Lipinski definition) is 1. The lowest BCUT2D eigenvalue weighted by Gasteiger charge is -2.07. The van der Waals surface area contributed by atoms with E-state index in [1.807, 2.05) is 31.2 Å². The summed E-state index contributed by atoms with van der Waals surface area (Å²) < 4.78 is 7.47. The van der Waals surface area contributed by atoms with Crippen LogP contribution in [0.1, 0.15) is 5.56 Å². The number of anilines is 1. The number of ether oxygens (including phenoxy) is 1. The Kier molecular flexibility index (Phi) is 2.37. The van der Waals surface area contributed by atoms with Gasteiger partial charge in [0.25, 0.3) is 0 Å². The van der Waals surface area contributed by atoms with Gasteiger partial charge in [0.15, 0.2) is 0 Å². The van der Waals surface area contributed by atoms with Crippen molar-refractivity contribution in [2.75, 3.05) is 5.73 Å². The summed E-state index contributed by atoms with van der Waals surface area (Å²) in [5.74, 6) is 1.24. The van der Waals surface area contributed by atoms with Crippen molar-refractivity contribution in [3.63, 3.8) is 0 Å². The molecule has 0 radical (unpaired) electrons. The monoisotopic (exact) mass is 240 g/mol. The summed E-state index contributed by atoms with van der Waals surface area (Å²) in [6, 6.07) is 7.38. The maximum Gasteiger partial charge on any atom is 0.245 e. The highest BCUT2D eigenvalue weighted by Crippen LogP contribution is 2.25. The molecule has 0 fully saturated rings. The van der Waals surface area contributed by atoms with E-state index in [0.717, 1.165) is 16.8 Å². The van der Waals surface area contributed by atoms with Crippen molar-refractivity contribution in [2.45, 2.75) is 6.92 Å². The molecular weight excluding hydrogens is 228 g/mol. The first-order chi connectivity index (χ1) is 8.74. The van der Waals surface area contributed by atoms with Crippen molar-refractivity contribution < 1.29 is 4.74 Å². The Balaban J connectivity index is 2.01. The van der Waals surface area contributed by atoms with Gasteiger partial charge < -0.3 is 10.5 Å². The minimum atomic E-state index is 0.527. The molecule has 1 aromatic carbocycles. The second-order valence-electron chi connectivity index (χ2n) is 4.01. The first-order valence-corrected chi connectivity index (χ1v) is 5.56. The molecule has 0 aliphatic carbocycles. The van der Waals surface area contributed by atoms with Crippen molar-refractivity contribution in [2.24, 2.45) is 0 Å². The lowest BCUT2D eigenvalue weighted by atomic mass is 10.2. The second-order valence-corrected chi connectivity index (χ2v) is 4.01. The Hall–Kier alpha value is -2.56. The summed E-state index contributed by atoms with van der Waals surface area (Å²) in [7, 11) is 0. The first kappa shape index (κ1) is 10.6. The van der Waals surface area contributed by atoms with Crippen LogP contribution < -0.4 is 10.5 Å². The Morgan fingerprint density at radius 1 is 1.22 bits per heavy atom. The summed E-state index contributed by atoms with van der Waals surface area (Å²) in [6.07, 6.45) is 5.13. The minimum absolute atomic E-state index is 0.527. The number of nitrogens with zero attached hydrogens (tertiary/aromatic N) is 3. The van der Waals surface area contributed by atoms with Gasteiger partial charge >= 0.3 is 0 Å². The van der Waals surface area contributed by atoms with Gasteiger partial charge in [0.05, 0.1) is 6.20 Å². The van der Waals surface area contributed by atoms with Crippen molar-refractivity contribution in [1.29, 1.82) is 0 Å². The standard InChI is InChI=1S/C13H12N4O/c1-9-8-10(2-3-11(9)14)18-13-12-4-5-16-17(12)7-6-15-13/h2-8H,14H2,1H3. The first-order valence-electron chi connectivity index (χ1n) is 5.56. The largest absolute Gasteiger partial charge is 0.437 e. The van der Waals surface area contributed by atoms with Crippen molar-refractivity contribution in [3.05, 3.63) is 48.4 Å². The highest BCUT2D eigenvalue weighted by Gasteiger charge is 2.06. The van der Waals surface area contributed by atoms with Gasteiger partial charge in [-0.25, -0.2) is 9.50 Å². The molecule has 3 rings (SSSR count). The predicted molar refractivity (Wildman–Crippen MR) is 68.7 cm³/mol. The van der Waals surface area contributed by atoms with Crippen molar-refractivity contribution >= 4 is 11.2 Å². The van der Waals surface area contributed by atoms with E-state index in [-0.39, 0.29) is 0 Å². The van der Waals surface area contributed by atoms with Crippen LogP contribution >= 0.6 is 0 Å². The van der Waals surface area contributed by atoms with E-state index in [0.29, 0.717) is 11.6 Å². The summed E-state index contributed by atoms with van der Waals surface area (Å²) in [4.78, 5) is 4.21. The fourth-order valence-corrected chi connectivity index (χ4v) is 1.73. The van der Waals surface area contributed by atoms with Gasteiger partial charge in [0.2, 0.25) is 5.88 Å². The number of fused-ring (bicyclic) bond motifs is 1. The molecule has 0 saturated heterocycles. The zero-order valence-corrected chi connectivity index (χ0v) is 9.87. The van der Waals surface area contributed by atoms with Crippen LogP contribution in [0.15, 0.2) is 42.9 Å². The molecule has 90 valence electrons. The van der Waals surface area contributed by atoms with Crippen LogP contribution in [0.3, 0.4) is 0 Å². The fourth-order valence-electron chi connectivity index (χ4n) is 1.73. The van der Waals surface area contributed by atoms with Crippen LogP contribution in [-0.2, 0) is 0 Å². The molecule has 0 atom stereocenters. The zero-order chi connectivity index (χ0) is 12.5. The Morgan fingerprint density at radius 2 is 2.11 bits per heavy atom. The summed E-state index contributed by atoms with van der Waals surface area (Å²) in [5.41, 5.74) is 8.32. The fraction of sp³-hybridized carbons (Fsp3) is 0.0769. The average molecular weight is 240 g/mol. The summed E-state index contributed by atoms with van der Waals surface area (Å²) in [5, 5.41) is 4.13. The van der Waals surface area contributed by atoms with Crippen LogP contribution in [0.4, 0.5) is 5.69 Å². The number of rotatable bonds is 2. The van der Waals surface area contributed by atoms with E-state index >= 15 is 0 Å². The normalized spacial score (nSPS) is 10.7. The molecule has 2 N–H and O–H groups in total. The van der Waals surface area contributed by atoms with Gasteiger partial charge in [-0.2, -0.15) is 5.10 Å². The lowest BCUT2D eigenvalue weighted by molar-refractivity contribution is 0.465. The quantitative estimate of drug-likeness (QED) is 0.698. The zero-order valence-electron chi connectivity index (χ0n) is 9.87. The molecule has 0 spiro atoms. The number of aryl methyl sites for hydroxylation is 1. The predicted octanol–water partition coefficient (Wildman–Crippen LogP) is 2.41. The van der Waals surface area contributed by atoms with E-state index < -0.39 is 0 Å². The van der Waals surface area contributed by atoms with E-state index in [4.69, 9.17) is 10.5 Å². The molecule has 0 bridgehead atoms. The summed E-state index contributed by atoms with van der Waals surface area (Å²) >= 11 is 0. The maximum atomic E-state index is 5.77. The molecule has 2 aromatic heterocycles. The number of benzene rings is 1. The third-order valence-corrected chi connectivity index (χ3v) is 2.74. The van der Waals surface area contributed by atoms with Gasteiger partial charge in [0, 0.05) is 18.1 Å². The number of nitrogen functional groups attached to an aromatic ring is 1. The molecule has 18 heavy (non-hydrogen) atoms. The third kappa shape index (κ3) is 1.75.